The molecule has 44 heavy (non-hydrogen) atoms. The largest absolute Gasteiger partial charge is 0.480 e. The van der Waals surface area contributed by atoms with Crippen LogP contribution >= 0.6 is 11.8 Å². The molecule has 1 aliphatic carbocycles. The number of rotatable bonds is 15. The summed E-state index contributed by atoms with van der Waals surface area (Å²) in [6.07, 6.45) is 10.0. The van der Waals surface area contributed by atoms with Gasteiger partial charge >= 0.3 is 5.97 Å². The van der Waals surface area contributed by atoms with Crippen molar-refractivity contribution in [3.63, 3.8) is 0 Å². The van der Waals surface area contributed by atoms with Gasteiger partial charge in [0.05, 0.1) is 12.2 Å². The van der Waals surface area contributed by atoms with E-state index in [4.69, 9.17) is 4.74 Å². The minimum Gasteiger partial charge on any atom is -0.480 e. The first-order chi connectivity index (χ1) is 20.4. The van der Waals surface area contributed by atoms with Crippen LogP contribution in [-0.4, -0.2) is 64.2 Å². The molecule has 1 aliphatic rings. The summed E-state index contributed by atoms with van der Waals surface area (Å²) in [5.74, 6) is 0.0241. The van der Waals surface area contributed by atoms with Crippen LogP contribution in [0.4, 0.5) is 0 Å². The molecule has 2 N–H and O–H groups in total. The van der Waals surface area contributed by atoms with E-state index in [0.717, 1.165) is 41.1 Å². The average molecular weight is 627 g/mol. The zero-order chi connectivity index (χ0) is 31.6. The van der Waals surface area contributed by atoms with Gasteiger partial charge in [-0.05, 0) is 107 Å². The Morgan fingerprint density at radius 1 is 1.07 bits per heavy atom. The predicted molar refractivity (Wildman–Crippen MR) is 187 cm³/mol. The molecule has 0 radical (unpaired) electrons. The van der Waals surface area contributed by atoms with Crippen molar-refractivity contribution in [3.05, 3.63) is 59.2 Å². The van der Waals surface area contributed by atoms with Gasteiger partial charge in [0.1, 0.15) is 6.04 Å². The number of carbonyl (C=O) groups is 2. The Morgan fingerprint density at radius 2 is 1.75 bits per heavy atom. The quantitative estimate of drug-likeness (QED) is 0.206. The average Bonchev–Trinajstić information content (AvgIpc) is 2.96. The molecule has 0 bridgehead atoms. The third kappa shape index (κ3) is 11.5. The number of hydrogen-bond acceptors (Lipinski definition) is 5. The van der Waals surface area contributed by atoms with Crippen LogP contribution in [0.5, 0.6) is 0 Å². The first-order valence-electron chi connectivity index (χ1n) is 16.0. The summed E-state index contributed by atoms with van der Waals surface area (Å²) in [5, 5.41) is 12.5. The lowest BCUT2D eigenvalue weighted by Crippen LogP contribution is -2.45. The lowest BCUT2D eigenvalue weighted by molar-refractivity contribution is -0.139. The summed E-state index contributed by atoms with van der Waals surface area (Å²) >= 11 is 1.57. The topological polar surface area (TPSA) is 78.9 Å². The van der Waals surface area contributed by atoms with E-state index < -0.39 is 12.0 Å². The number of hydrogen-bond donors (Lipinski definition) is 2. The Bertz CT molecular complexity index is 1190. The van der Waals surface area contributed by atoms with Gasteiger partial charge < -0.3 is 15.2 Å². The van der Waals surface area contributed by atoms with Crippen molar-refractivity contribution in [1.82, 2.24) is 10.2 Å². The summed E-state index contributed by atoms with van der Waals surface area (Å²) in [6, 6.07) is 13.8. The van der Waals surface area contributed by atoms with E-state index in [9.17, 15) is 14.7 Å². The molecule has 6 nitrogen and oxygen atoms in total. The molecular formula is C37H58N2O4S. The van der Waals surface area contributed by atoms with Crippen LogP contribution in [0.15, 0.2) is 42.5 Å². The molecule has 7 heteroatoms. The highest BCUT2D eigenvalue weighted by molar-refractivity contribution is 7.98. The third-order valence-electron chi connectivity index (χ3n) is 8.51. The fourth-order valence-corrected chi connectivity index (χ4v) is 6.58. The zero-order valence-corrected chi connectivity index (χ0v) is 28.3. The summed E-state index contributed by atoms with van der Waals surface area (Å²) in [4.78, 5) is 28.0. The van der Waals surface area contributed by atoms with Crippen molar-refractivity contribution in [2.45, 2.75) is 124 Å². The Kier molecular flexibility index (Phi) is 15.4. The van der Waals surface area contributed by atoms with Gasteiger partial charge in [-0.1, -0.05) is 69.9 Å². The van der Waals surface area contributed by atoms with Gasteiger partial charge in [0, 0.05) is 24.2 Å². The van der Waals surface area contributed by atoms with E-state index in [1.54, 1.807) is 11.8 Å². The van der Waals surface area contributed by atoms with Crippen molar-refractivity contribution in [3.8, 4) is 11.1 Å². The Hall–Kier alpha value is -2.35. The summed E-state index contributed by atoms with van der Waals surface area (Å²) in [5.41, 5.74) is 4.31. The lowest BCUT2D eigenvalue weighted by atomic mass is 9.84. The third-order valence-corrected chi connectivity index (χ3v) is 9.16. The Balaban J connectivity index is 0.00000675. The van der Waals surface area contributed by atoms with Crippen molar-refractivity contribution < 1.29 is 19.4 Å². The maximum absolute atomic E-state index is 13.6. The van der Waals surface area contributed by atoms with Gasteiger partial charge in [-0.15, -0.1) is 0 Å². The van der Waals surface area contributed by atoms with Crippen LogP contribution in [0, 0.1) is 12.8 Å². The molecule has 2 atom stereocenters. The molecule has 2 aromatic carbocycles. The maximum atomic E-state index is 13.6. The van der Waals surface area contributed by atoms with Crippen molar-refractivity contribution in [2.24, 2.45) is 5.92 Å². The van der Waals surface area contributed by atoms with Crippen LogP contribution in [0.3, 0.4) is 0 Å². The molecule has 0 aliphatic heterocycles. The number of carboxylic acids is 1. The Labute approximate surface area is 271 Å². The first kappa shape index (κ1) is 37.8. The summed E-state index contributed by atoms with van der Waals surface area (Å²) in [7, 11) is 0. The van der Waals surface area contributed by atoms with E-state index in [1.807, 2.05) is 49.6 Å². The Morgan fingerprint density at radius 3 is 2.34 bits per heavy atom. The molecule has 0 unspecified atom stereocenters. The standard InChI is InChI=1S/C36H54N2O4S.CH4/c1-25(2)38(29(24-42-36(4,5)6)21-27-14-9-8-10-15-27)23-28-17-18-31(32(22-28)30-16-12-11-13-26(30)3)34(39)37-33(35(40)41)19-20-43-7;/h11-13,16-18,22,25,27,29,33H,8-10,14-15,19-21,23-24H2,1-7H3,(H,37,39)(H,40,41);1H4/t29-,33+;/m1./s1. The fraction of sp³-hybridized carbons (Fsp3) is 0.622. The molecule has 2 aromatic rings. The number of nitrogens with one attached hydrogen (secondary N) is 1. The molecule has 1 fully saturated rings. The molecule has 0 spiro atoms. The molecule has 1 amide bonds. The molecule has 0 heterocycles. The lowest BCUT2D eigenvalue weighted by Gasteiger charge is -2.39. The molecule has 1 saturated carbocycles. The molecule has 0 saturated heterocycles. The highest BCUT2D eigenvalue weighted by atomic mass is 32.2. The number of amides is 1. The van der Waals surface area contributed by atoms with Crippen LogP contribution in [-0.2, 0) is 16.1 Å². The second-order valence-corrected chi connectivity index (χ2v) is 14.4. The van der Waals surface area contributed by atoms with E-state index in [0.29, 0.717) is 36.4 Å². The highest BCUT2D eigenvalue weighted by Crippen LogP contribution is 2.32. The fourth-order valence-electron chi connectivity index (χ4n) is 6.11. The van der Waals surface area contributed by atoms with Crippen molar-refractivity contribution in [2.75, 3.05) is 18.6 Å². The minimum absolute atomic E-state index is 0. The zero-order valence-electron chi connectivity index (χ0n) is 27.4. The molecule has 0 aromatic heterocycles. The smallest absolute Gasteiger partial charge is 0.326 e. The second-order valence-electron chi connectivity index (χ2n) is 13.4. The number of nitrogens with zero attached hydrogens (tertiary/aromatic N) is 1. The summed E-state index contributed by atoms with van der Waals surface area (Å²) < 4.78 is 6.40. The van der Waals surface area contributed by atoms with Gasteiger partial charge in [0.2, 0.25) is 0 Å². The van der Waals surface area contributed by atoms with Crippen LogP contribution in [0.25, 0.3) is 11.1 Å². The van der Waals surface area contributed by atoms with Gasteiger partial charge in [0.15, 0.2) is 0 Å². The second kappa shape index (κ2) is 18.0. The number of carbonyl (C=O) groups excluding carboxylic acids is 1. The van der Waals surface area contributed by atoms with Gasteiger partial charge in [-0.25, -0.2) is 4.79 Å². The van der Waals surface area contributed by atoms with Gasteiger partial charge in [-0.2, -0.15) is 11.8 Å². The highest BCUT2D eigenvalue weighted by Gasteiger charge is 2.29. The van der Waals surface area contributed by atoms with E-state index >= 15 is 0 Å². The predicted octanol–water partition coefficient (Wildman–Crippen LogP) is 8.60. The summed E-state index contributed by atoms with van der Waals surface area (Å²) in [6.45, 7) is 14.4. The minimum atomic E-state index is -1.01. The molecule has 3 rings (SSSR count). The SMILES string of the molecule is C.CSCC[C@H](NC(=O)c1ccc(CN(C(C)C)[C@@H](COC(C)(C)C)CC2CCCCC2)cc1-c1ccccc1C)C(=O)O. The van der Waals surface area contributed by atoms with Crippen LogP contribution < -0.4 is 5.32 Å². The number of carboxylic acid groups (broad SMARTS) is 1. The number of ether oxygens (including phenoxy) is 1. The maximum Gasteiger partial charge on any atom is 0.326 e. The van der Waals surface area contributed by atoms with Gasteiger partial charge in [-0.3, -0.25) is 9.69 Å². The molecule has 246 valence electrons. The van der Waals surface area contributed by atoms with Crippen molar-refractivity contribution >= 4 is 23.6 Å². The number of benzene rings is 2. The van der Waals surface area contributed by atoms with E-state index in [2.05, 4.69) is 50.9 Å². The monoisotopic (exact) mass is 626 g/mol. The number of aryl methyl sites for hydroxylation is 1. The van der Waals surface area contributed by atoms with E-state index in [1.165, 1.54) is 32.1 Å². The first-order valence-corrected chi connectivity index (χ1v) is 17.4. The van der Waals surface area contributed by atoms with E-state index in [-0.39, 0.29) is 18.9 Å². The van der Waals surface area contributed by atoms with Gasteiger partial charge in [0.25, 0.3) is 5.91 Å². The van der Waals surface area contributed by atoms with Crippen LogP contribution in [0.1, 0.15) is 108 Å². The number of aliphatic carboxylic acids is 1. The van der Waals surface area contributed by atoms with Crippen molar-refractivity contribution in [1.29, 1.82) is 0 Å². The molecular weight excluding hydrogens is 568 g/mol. The normalized spacial score (nSPS) is 15.6. The number of thioether (sulfide) groups is 1. The van der Waals surface area contributed by atoms with Crippen LogP contribution in [0.2, 0.25) is 0 Å².